The zero-order valence-electron chi connectivity index (χ0n) is 12.2. The average molecular weight is 238 g/mol. The zero-order valence-corrected chi connectivity index (χ0v) is 12.2. The molecule has 17 heavy (non-hydrogen) atoms. The van der Waals surface area contributed by atoms with Gasteiger partial charge in [0.1, 0.15) is 0 Å². The fourth-order valence-electron chi connectivity index (χ4n) is 1.61. The van der Waals surface area contributed by atoms with Gasteiger partial charge in [0, 0.05) is 6.61 Å². The maximum Gasteiger partial charge on any atom is 0.0649 e. The molecule has 0 aromatic rings. The van der Waals surface area contributed by atoms with E-state index in [2.05, 4.69) is 39.8 Å². The summed E-state index contributed by atoms with van der Waals surface area (Å²) in [4.78, 5) is 0. The fraction of sp³-hybridized carbons (Fsp3) is 0.750. The van der Waals surface area contributed by atoms with Crippen LogP contribution < -0.4 is 0 Å². The van der Waals surface area contributed by atoms with E-state index in [0.717, 1.165) is 26.1 Å². The predicted octanol–water partition coefficient (Wildman–Crippen LogP) is 5.28. The summed E-state index contributed by atoms with van der Waals surface area (Å²) in [7, 11) is 0. The first-order chi connectivity index (χ1) is 8.16. The topological polar surface area (TPSA) is 9.23 Å². The molecule has 100 valence electrons. The fourth-order valence-corrected chi connectivity index (χ4v) is 1.61. The zero-order chi connectivity index (χ0) is 12.9. The Morgan fingerprint density at radius 2 is 1.76 bits per heavy atom. The Labute approximate surface area is 108 Å². The van der Waals surface area contributed by atoms with Crippen LogP contribution in [-0.4, -0.2) is 13.2 Å². The number of hydrogen-bond donors (Lipinski definition) is 0. The highest BCUT2D eigenvalue weighted by Crippen LogP contribution is 2.06. The van der Waals surface area contributed by atoms with Gasteiger partial charge in [-0.05, 0) is 40.0 Å². The SMILES string of the molecule is CCCCCCOC/C=C(/C)CCC=C(C)C. The van der Waals surface area contributed by atoms with Gasteiger partial charge in [-0.15, -0.1) is 0 Å². The van der Waals surface area contributed by atoms with E-state index in [0.29, 0.717) is 0 Å². The Morgan fingerprint density at radius 3 is 2.41 bits per heavy atom. The molecule has 1 heteroatoms. The molecule has 0 aliphatic carbocycles. The van der Waals surface area contributed by atoms with Crippen molar-refractivity contribution in [2.45, 2.75) is 66.2 Å². The van der Waals surface area contributed by atoms with Crippen molar-refractivity contribution < 1.29 is 4.74 Å². The Balaban J connectivity index is 3.40. The van der Waals surface area contributed by atoms with Gasteiger partial charge in [0.15, 0.2) is 0 Å². The molecule has 0 unspecified atom stereocenters. The molecule has 0 atom stereocenters. The largest absolute Gasteiger partial charge is 0.377 e. The number of hydrogen-bond acceptors (Lipinski definition) is 1. The highest BCUT2D eigenvalue weighted by molar-refractivity contribution is 5.02. The molecular formula is C16H30O. The average Bonchev–Trinajstić information content (AvgIpc) is 2.27. The van der Waals surface area contributed by atoms with Gasteiger partial charge in [-0.2, -0.15) is 0 Å². The van der Waals surface area contributed by atoms with Crippen LogP contribution in [0.4, 0.5) is 0 Å². The smallest absolute Gasteiger partial charge is 0.0649 e. The number of ether oxygens (including phenoxy) is 1. The van der Waals surface area contributed by atoms with E-state index < -0.39 is 0 Å². The summed E-state index contributed by atoms with van der Waals surface area (Å²) < 4.78 is 5.59. The molecule has 0 spiro atoms. The van der Waals surface area contributed by atoms with Crippen LogP contribution in [0.15, 0.2) is 23.3 Å². The molecule has 0 aliphatic heterocycles. The van der Waals surface area contributed by atoms with Crippen LogP contribution in [-0.2, 0) is 4.74 Å². The lowest BCUT2D eigenvalue weighted by Gasteiger charge is -2.02. The Kier molecular flexibility index (Phi) is 11.5. The Bertz CT molecular complexity index is 222. The summed E-state index contributed by atoms with van der Waals surface area (Å²) in [5.74, 6) is 0. The van der Waals surface area contributed by atoms with Gasteiger partial charge in [-0.3, -0.25) is 0 Å². The van der Waals surface area contributed by atoms with Crippen LogP contribution in [0.5, 0.6) is 0 Å². The molecule has 0 saturated carbocycles. The van der Waals surface area contributed by atoms with Gasteiger partial charge < -0.3 is 4.74 Å². The minimum atomic E-state index is 0.785. The van der Waals surface area contributed by atoms with Gasteiger partial charge in [-0.25, -0.2) is 0 Å². The number of allylic oxidation sites excluding steroid dienone is 3. The third-order valence-electron chi connectivity index (χ3n) is 2.78. The van der Waals surface area contributed by atoms with Gasteiger partial charge in [0.25, 0.3) is 0 Å². The molecule has 1 nitrogen and oxygen atoms in total. The summed E-state index contributed by atoms with van der Waals surface area (Å²) >= 11 is 0. The van der Waals surface area contributed by atoms with Crippen molar-refractivity contribution in [3.8, 4) is 0 Å². The van der Waals surface area contributed by atoms with Crippen LogP contribution in [0.3, 0.4) is 0 Å². The maximum absolute atomic E-state index is 5.59. The summed E-state index contributed by atoms with van der Waals surface area (Å²) in [6.45, 7) is 10.4. The Hall–Kier alpha value is -0.560. The van der Waals surface area contributed by atoms with Crippen LogP contribution in [0.25, 0.3) is 0 Å². The lowest BCUT2D eigenvalue weighted by molar-refractivity contribution is 0.156. The van der Waals surface area contributed by atoms with Crippen LogP contribution in [0.2, 0.25) is 0 Å². The quantitative estimate of drug-likeness (QED) is 0.372. The molecule has 0 N–H and O–H groups in total. The van der Waals surface area contributed by atoms with Gasteiger partial charge in [-0.1, -0.05) is 49.5 Å². The first-order valence-corrected chi connectivity index (χ1v) is 7.03. The minimum Gasteiger partial charge on any atom is -0.377 e. The maximum atomic E-state index is 5.59. The summed E-state index contributed by atoms with van der Waals surface area (Å²) in [5.41, 5.74) is 2.85. The van der Waals surface area contributed by atoms with E-state index in [9.17, 15) is 0 Å². The van der Waals surface area contributed by atoms with Crippen LogP contribution in [0, 0.1) is 0 Å². The van der Waals surface area contributed by atoms with Crippen molar-refractivity contribution in [3.05, 3.63) is 23.3 Å². The van der Waals surface area contributed by atoms with Gasteiger partial charge in [0.2, 0.25) is 0 Å². The number of unbranched alkanes of at least 4 members (excludes halogenated alkanes) is 3. The van der Waals surface area contributed by atoms with Gasteiger partial charge in [0.05, 0.1) is 6.61 Å². The van der Waals surface area contributed by atoms with Crippen LogP contribution >= 0.6 is 0 Å². The van der Waals surface area contributed by atoms with E-state index in [1.54, 1.807) is 0 Å². The van der Waals surface area contributed by atoms with E-state index in [1.807, 2.05) is 0 Å². The summed E-state index contributed by atoms with van der Waals surface area (Å²) in [6, 6.07) is 0. The third kappa shape index (κ3) is 13.4. The Morgan fingerprint density at radius 1 is 1.00 bits per heavy atom. The highest BCUT2D eigenvalue weighted by atomic mass is 16.5. The second-order valence-electron chi connectivity index (χ2n) is 5.01. The van der Waals surface area contributed by atoms with Crippen LogP contribution in [0.1, 0.15) is 66.2 Å². The standard InChI is InChI=1S/C16H30O/c1-5-6-7-8-13-17-14-12-16(4)11-9-10-15(2)3/h10,12H,5-9,11,13-14H2,1-4H3/b16-12-. The normalized spacial score (nSPS) is 11.6. The van der Waals surface area contributed by atoms with E-state index >= 15 is 0 Å². The van der Waals surface area contributed by atoms with Crippen molar-refractivity contribution in [2.24, 2.45) is 0 Å². The lowest BCUT2D eigenvalue weighted by atomic mass is 10.1. The molecule has 0 amide bonds. The predicted molar refractivity (Wildman–Crippen MR) is 77.4 cm³/mol. The van der Waals surface area contributed by atoms with Crippen molar-refractivity contribution in [2.75, 3.05) is 13.2 Å². The second-order valence-corrected chi connectivity index (χ2v) is 5.01. The van der Waals surface area contributed by atoms with Crippen molar-refractivity contribution in [1.82, 2.24) is 0 Å². The molecule has 0 aromatic carbocycles. The molecular weight excluding hydrogens is 208 g/mol. The molecule has 0 aliphatic rings. The molecule has 0 radical (unpaired) electrons. The third-order valence-corrected chi connectivity index (χ3v) is 2.78. The van der Waals surface area contributed by atoms with E-state index in [4.69, 9.17) is 4.74 Å². The van der Waals surface area contributed by atoms with Crippen molar-refractivity contribution in [1.29, 1.82) is 0 Å². The molecule has 0 aromatic heterocycles. The van der Waals surface area contributed by atoms with Crippen molar-refractivity contribution in [3.63, 3.8) is 0 Å². The summed E-state index contributed by atoms with van der Waals surface area (Å²) in [6.07, 6.45) is 12.0. The monoisotopic (exact) mass is 238 g/mol. The minimum absolute atomic E-state index is 0.785. The molecule has 0 rings (SSSR count). The second kappa shape index (κ2) is 11.9. The molecule has 0 saturated heterocycles. The number of rotatable bonds is 10. The molecule has 0 fully saturated rings. The lowest BCUT2D eigenvalue weighted by Crippen LogP contribution is -1.95. The molecule has 0 bridgehead atoms. The van der Waals surface area contributed by atoms with E-state index in [-0.39, 0.29) is 0 Å². The summed E-state index contributed by atoms with van der Waals surface area (Å²) in [5, 5.41) is 0. The van der Waals surface area contributed by atoms with Gasteiger partial charge >= 0.3 is 0 Å². The van der Waals surface area contributed by atoms with E-state index in [1.165, 1.54) is 36.8 Å². The van der Waals surface area contributed by atoms with Crippen molar-refractivity contribution >= 4 is 0 Å². The molecule has 0 heterocycles. The first kappa shape index (κ1) is 16.4. The highest BCUT2D eigenvalue weighted by Gasteiger charge is 1.90. The first-order valence-electron chi connectivity index (χ1n) is 7.03.